The molecule has 0 aliphatic carbocycles. The maximum absolute atomic E-state index is 12.6. The van der Waals surface area contributed by atoms with E-state index in [1.54, 1.807) is 36.1 Å². The van der Waals surface area contributed by atoms with Crippen LogP contribution in [-0.4, -0.2) is 63.5 Å². The molecule has 1 aliphatic heterocycles. The molecule has 1 aliphatic rings. The molecule has 0 spiro atoms. The fraction of sp³-hybridized carbons (Fsp3) is 0.421. The summed E-state index contributed by atoms with van der Waals surface area (Å²) in [6.45, 7) is 5.59. The van der Waals surface area contributed by atoms with Gasteiger partial charge in [-0.3, -0.25) is 4.79 Å². The van der Waals surface area contributed by atoms with Crippen molar-refractivity contribution in [2.24, 2.45) is 0 Å². The first-order valence-corrected chi connectivity index (χ1v) is 10.3. The number of nitrogens with zero attached hydrogens (tertiary/aromatic N) is 6. The zero-order valence-corrected chi connectivity index (χ0v) is 16.7. The number of aromatic nitrogens is 4. The van der Waals surface area contributed by atoms with Crippen molar-refractivity contribution in [3.05, 3.63) is 35.7 Å². The van der Waals surface area contributed by atoms with Gasteiger partial charge in [-0.15, -0.1) is 11.3 Å². The van der Waals surface area contributed by atoms with Crippen LogP contribution in [0.1, 0.15) is 18.2 Å². The monoisotopic (exact) mass is 397 g/mol. The summed E-state index contributed by atoms with van der Waals surface area (Å²) in [6, 6.07) is 3.94. The minimum absolute atomic E-state index is 0.158. The number of hydrogen-bond acceptors (Lipinski definition) is 8. The molecule has 0 bridgehead atoms. The van der Waals surface area contributed by atoms with Gasteiger partial charge in [-0.1, -0.05) is 6.92 Å². The van der Waals surface area contributed by atoms with Crippen molar-refractivity contribution < 1.29 is 4.79 Å². The molecule has 4 heterocycles. The van der Waals surface area contributed by atoms with Gasteiger partial charge < -0.3 is 15.1 Å². The van der Waals surface area contributed by atoms with Crippen LogP contribution in [0.3, 0.4) is 0 Å². The number of rotatable bonds is 6. The lowest BCUT2D eigenvalue weighted by molar-refractivity contribution is -0.131. The first kappa shape index (κ1) is 18.5. The molecule has 0 aromatic carbocycles. The molecule has 28 heavy (non-hydrogen) atoms. The number of carbonyl (C=O) groups is 1. The number of piperazine rings is 1. The maximum Gasteiger partial charge on any atom is 0.225 e. The number of nitrogens with one attached hydrogen (secondary N) is 1. The van der Waals surface area contributed by atoms with Gasteiger partial charge in [-0.05, 0) is 18.6 Å². The van der Waals surface area contributed by atoms with Gasteiger partial charge in [0.05, 0.1) is 5.39 Å². The van der Waals surface area contributed by atoms with Crippen molar-refractivity contribution in [1.29, 1.82) is 0 Å². The van der Waals surface area contributed by atoms with Crippen LogP contribution >= 0.6 is 11.3 Å². The van der Waals surface area contributed by atoms with E-state index >= 15 is 0 Å². The highest BCUT2D eigenvalue weighted by atomic mass is 32.1. The van der Waals surface area contributed by atoms with Crippen molar-refractivity contribution >= 4 is 39.2 Å². The van der Waals surface area contributed by atoms with E-state index in [1.165, 1.54) is 4.88 Å². The summed E-state index contributed by atoms with van der Waals surface area (Å²) in [5.74, 6) is 1.69. The Morgan fingerprint density at radius 1 is 1.14 bits per heavy atom. The largest absolute Gasteiger partial charge is 0.369 e. The zero-order valence-electron chi connectivity index (χ0n) is 15.8. The molecular weight excluding hydrogens is 374 g/mol. The third-order valence-electron chi connectivity index (χ3n) is 4.83. The summed E-state index contributed by atoms with van der Waals surface area (Å²) in [7, 11) is 0. The molecule has 146 valence electrons. The molecular formula is C19H23N7OS. The van der Waals surface area contributed by atoms with Crippen LogP contribution < -0.4 is 10.2 Å². The van der Waals surface area contributed by atoms with Crippen molar-refractivity contribution in [3.63, 3.8) is 0 Å². The molecule has 1 saturated heterocycles. The van der Waals surface area contributed by atoms with Crippen LogP contribution in [0.15, 0.2) is 30.9 Å². The van der Waals surface area contributed by atoms with E-state index in [1.807, 2.05) is 4.90 Å². The van der Waals surface area contributed by atoms with E-state index < -0.39 is 0 Å². The van der Waals surface area contributed by atoms with Crippen LogP contribution in [0.4, 0.5) is 11.8 Å². The molecule has 3 aromatic rings. The molecule has 1 N–H and O–H groups in total. The van der Waals surface area contributed by atoms with Crippen molar-refractivity contribution in [1.82, 2.24) is 24.8 Å². The number of fused-ring (bicyclic) bond motifs is 1. The second kappa shape index (κ2) is 8.47. The van der Waals surface area contributed by atoms with Gasteiger partial charge >= 0.3 is 0 Å². The Kier molecular flexibility index (Phi) is 5.61. The van der Waals surface area contributed by atoms with Crippen LogP contribution in [-0.2, 0) is 11.2 Å². The summed E-state index contributed by atoms with van der Waals surface area (Å²) in [5.41, 5.74) is 0. The van der Waals surface area contributed by atoms with E-state index in [4.69, 9.17) is 0 Å². The Morgan fingerprint density at radius 2 is 1.93 bits per heavy atom. The molecule has 1 fully saturated rings. The van der Waals surface area contributed by atoms with Gasteiger partial charge in [0.25, 0.3) is 0 Å². The lowest BCUT2D eigenvalue weighted by Gasteiger charge is -2.34. The molecule has 8 nitrogen and oxygen atoms in total. The lowest BCUT2D eigenvalue weighted by Crippen LogP contribution is -2.49. The predicted octanol–water partition coefficient (Wildman–Crippen LogP) is 2.19. The van der Waals surface area contributed by atoms with Crippen LogP contribution in [0.5, 0.6) is 0 Å². The van der Waals surface area contributed by atoms with E-state index in [0.717, 1.165) is 41.5 Å². The summed E-state index contributed by atoms with van der Waals surface area (Å²) >= 11 is 1.69. The topological polar surface area (TPSA) is 87.1 Å². The molecule has 0 atom stereocenters. The SMILES string of the molecule is CCc1cc2c(NCCC(=O)N3CCN(c4ncccn4)CC3)ncnc2s1. The van der Waals surface area contributed by atoms with E-state index in [-0.39, 0.29) is 5.91 Å². The molecule has 0 saturated carbocycles. The Bertz CT molecular complexity index is 938. The smallest absolute Gasteiger partial charge is 0.225 e. The quantitative estimate of drug-likeness (QED) is 0.682. The first-order valence-electron chi connectivity index (χ1n) is 9.51. The average molecular weight is 398 g/mol. The zero-order chi connectivity index (χ0) is 19.3. The molecule has 9 heteroatoms. The second-order valence-corrected chi connectivity index (χ2v) is 7.72. The summed E-state index contributed by atoms with van der Waals surface area (Å²) in [4.78, 5) is 36.1. The Hall–Kier alpha value is -2.81. The third kappa shape index (κ3) is 4.04. The van der Waals surface area contributed by atoms with E-state index in [0.29, 0.717) is 26.1 Å². The van der Waals surface area contributed by atoms with Gasteiger partial charge in [-0.2, -0.15) is 0 Å². The van der Waals surface area contributed by atoms with Gasteiger partial charge in [0, 0.05) is 56.4 Å². The van der Waals surface area contributed by atoms with Crippen LogP contribution in [0, 0.1) is 0 Å². The van der Waals surface area contributed by atoms with Gasteiger partial charge in [-0.25, -0.2) is 19.9 Å². The normalized spacial score (nSPS) is 14.5. The number of anilines is 2. The fourth-order valence-electron chi connectivity index (χ4n) is 3.28. The number of thiophene rings is 1. The predicted molar refractivity (Wildman–Crippen MR) is 111 cm³/mol. The van der Waals surface area contributed by atoms with Crippen molar-refractivity contribution in [3.8, 4) is 0 Å². The van der Waals surface area contributed by atoms with Gasteiger partial charge in [0.15, 0.2) is 0 Å². The van der Waals surface area contributed by atoms with Crippen molar-refractivity contribution in [2.75, 3.05) is 42.9 Å². The number of hydrogen-bond donors (Lipinski definition) is 1. The third-order valence-corrected chi connectivity index (χ3v) is 6.01. The molecule has 3 aromatic heterocycles. The highest BCUT2D eigenvalue weighted by Crippen LogP contribution is 2.28. The average Bonchev–Trinajstić information content (AvgIpc) is 3.19. The second-order valence-electron chi connectivity index (χ2n) is 6.60. The first-order chi connectivity index (χ1) is 13.7. The van der Waals surface area contributed by atoms with Crippen LogP contribution in [0.25, 0.3) is 10.2 Å². The summed E-state index contributed by atoms with van der Waals surface area (Å²) in [6.07, 6.45) is 6.49. The Morgan fingerprint density at radius 3 is 2.68 bits per heavy atom. The minimum atomic E-state index is 0.158. The lowest BCUT2D eigenvalue weighted by atomic mass is 10.2. The Labute approximate surface area is 167 Å². The summed E-state index contributed by atoms with van der Waals surface area (Å²) < 4.78 is 0. The minimum Gasteiger partial charge on any atom is -0.369 e. The van der Waals surface area contributed by atoms with Gasteiger partial charge in [0.1, 0.15) is 17.0 Å². The highest BCUT2D eigenvalue weighted by molar-refractivity contribution is 7.18. The molecule has 0 unspecified atom stereocenters. The molecule has 4 rings (SSSR count). The fourth-order valence-corrected chi connectivity index (χ4v) is 4.21. The van der Waals surface area contributed by atoms with Crippen molar-refractivity contribution in [2.45, 2.75) is 19.8 Å². The van der Waals surface area contributed by atoms with E-state index in [9.17, 15) is 4.79 Å². The van der Waals surface area contributed by atoms with Gasteiger partial charge in [0.2, 0.25) is 11.9 Å². The number of carbonyl (C=O) groups excluding carboxylic acids is 1. The maximum atomic E-state index is 12.6. The molecule has 0 radical (unpaired) electrons. The highest BCUT2D eigenvalue weighted by Gasteiger charge is 2.22. The van der Waals surface area contributed by atoms with Crippen LogP contribution in [0.2, 0.25) is 0 Å². The van der Waals surface area contributed by atoms with E-state index in [2.05, 4.69) is 43.1 Å². The summed E-state index contributed by atoms with van der Waals surface area (Å²) in [5, 5.41) is 4.34. The Balaban J connectivity index is 1.28. The number of aryl methyl sites for hydroxylation is 1. The number of amides is 1. The standard InChI is InChI=1S/C19H23N7OS/c1-2-14-12-15-17(23-13-24-18(15)28-14)20-7-4-16(27)25-8-10-26(11-9-25)19-21-5-3-6-22-19/h3,5-6,12-13H,2,4,7-11H2,1H3,(H,20,23,24). The molecule has 1 amide bonds.